The van der Waals surface area contributed by atoms with Crippen LogP contribution >= 0.6 is 11.6 Å². The summed E-state index contributed by atoms with van der Waals surface area (Å²) in [6, 6.07) is 12.5. The van der Waals surface area contributed by atoms with Gasteiger partial charge in [0.2, 0.25) is 5.28 Å². The van der Waals surface area contributed by atoms with Crippen molar-refractivity contribution in [2.45, 2.75) is 18.8 Å². The lowest BCUT2D eigenvalue weighted by Crippen LogP contribution is -2.14. The van der Waals surface area contributed by atoms with E-state index in [9.17, 15) is 4.39 Å². The molecule has 0 N–H and O–H groups in total. The van der Waals surface area contributed by atoms with Crippen LogP contribution in [0.5, 0.6) is 0 Å². The van der Waals surface area contributed by atoms with Crippen molar-refractivity contribution in [1.82, 2.24) is 29.5 Å². The Morgan fingerprint density at radius 2 is 1.91 bits per heavy atom. The lowest BCUT2D eigenvalue weighted by atomic mass is 10.1. The number of halogens is 2. The van der Waals surface area contributed by atoms with Gasteiger partial charge in [-0.2, -0.15) is 4.98 Å². The first-order valence-electron chi connectivity index (χ1n) is 10.2. The number of rotatable bonds is 4. The van der Waals surface area contributed by atoms with E-state index in [0.717, 1.165) is 22.2 Å². The summed E-state index contributed by atoms with van der Waals surface area (Å²) in [4.78, 5) is 15.4. The molecule has 6 rings (SSSR count). The number of nitrogens with zero attached hydrogens (tertiary/aromatic N) is 7. The third kappa shape index (κ3) is 3.06. The number of para-hydroxylation sites is 1. The molecule has 1 fully saturated rings. The van der Waals surface area contributed by atoms with E-state index >= 15 is 0 Å². The Labute approximate surface area is 187 Å². The normalized spacial score (nSPS) is 13.7. The first kappa shape index (κ1) is 19.1. The van der Waals surface area contributed by atoms with Crippen molar-refractivity contribution in [2.75, 3.05) is 11.9 Å². The van der Waals surface area contributed by atoms with Gasteiger partial charge in [-0.25, -0.2) is 8.79 Å². The van der Waals surface area contributed by atoms with Gasteiger partial charge in [-0.15, -0.1) is 10.2 Å². The number of aromatic nitrogens is 6. The first-order valence-corrected chi connectivity index (χ1v) is 10.6. The lowest BCUT2D eigenvalue weighted by Gasteiger charge is -2.21. The molecule has 0 amide bonds. The highest BCUT2D eigenvalue weighted by molar-refractivity contribution is 6.29. The van der Waals surface area contributed by atoms with E-state index in [4.69, 9.17) is 11.6 Å². The van der Waals surface area contributed by atoms with Crippen molar-refractivity contribution >= 4 is 39.8 Å². The molecular formula is C23H17ClFN7. The Morgan fingerprint density at radius 1 is 1.06 bits per heavy atom. The molecule has 0 aliphatic heterocycles. The molecule has 158 valence electrons. The van der Waals surface area contributed by atoms with Crippen LogP contribution in [0.25, 0.3) is 27.9 Å². The van der Waals surface area contributed by atoms with Crippen LogP contribution in [0.1, 0.15) is 24.5 Å². The van der Waals surface area contributed by atoms with Gasteiger partial charge in [0.05, 0.1) is 28.8 Å². The van der Waals surface area contributed by atoms with Gasteiger partial charge in [-0.1, -0.05) is 12.1 Å². The zero-order valence-electron chi connectivity index (χ0n) is 17.1. The topological polar surface area (TPSA) is 72.1 Å². The first-order chi connectivity index (χ1) is 15.6. The molecule has 0 radical (unpaired) electrons. The molecular weight excluding hydrogens is 429 g/mol. The van der Waals surface area contributed by atoms with Crippen LogP contribution in [0.2, 0.25) is 5.28 Å². The zero-order chi connectivity index (χ0) is 21.8. The van der Waals surface area contributed by atoms with E-state index in [1.807, 2.05) is 30.5 Å². The number of hydrogen-bond acceptors (Lipinski definition) is 6. The second kappa shape index (κ2) is 7.20. The smallest absolute Gasteiger partial charge is 0.258 e. The van der Waals surface area contributed by atoms with Gasteiger partial charge in [0.1, 0.15) is 11.6 Å². The van der Waals surface area contributed by atoms with Gasteiger partial charge in [-0.05, 0) is 54.8 Å². The molecule has 32 heavy (non-hydrogen) atoms. The van der Waals surface area contributed by atoms with Crippen molar-refractivity contribution in [2.24, 2.45) is 0 Å². The van der Waals surface area contributed by atoms with E-state index in [1.54, 1.807) is 34.7 Å². The van der Waals surface area contributed by atoms with Crippen molar-refractivity contribution in [1.29, 1.82) is 0 Å². The molecule has 1 aliphatic rings. The average molecular weight is 446 g/mol. The number of anilines is 2. The van der Waals surface area contributed by atoms with Gasteiger partial charge in [0, 0.05) is 30.1 Å². The molecule has 3 aromatic heterocycles. The summed E-state index contributed by atoms with van der Waals surface area (Å²) < 4.78 is 16.6. The molecule has 7 nitrogen and oxygen atoms in total. The van der Waals surface area contributed by atoms with Crippen LogP contribution in [0.3, 0.4) is 0 Å². The highest BCUT2D eigenvalue weighted by Crippen LogP contribution is 2.39. The molecule has 9 heteroatoms. The average Bonchev–Trinajstić information content (AvgIpc) is 3.61. The predicted octanol–water partition coefficient (Wildman–Crippen LogP) is 5.17. The quantitative estimate of drug-likeness (QED) is 0.380. The Bertz CT molecular complexity index is 1480. The minimum absolute atomic E-state index is 0.222. The fourth-order valence-corrected chi connectivity index (χ4v) is 4.13. The van der Waals surface area contributed by atoms with Crippen LogP contribution in [-0.2, 0) is 0 Å². The van der Waals surface area contributed by atoms with Gasteiger partial charge in [0.25, 0.3) is 5.78 Å². The van der Waals surface area contributed by atoms with Gasteiger partial charge in [0.15, 0.2) is 0 Å². The number of fused-ring (bicyclic) bond motifs is 3. The van der Waals surface area contributed by atoms with Crippen LogP contribution in [-0.4, -0.2) is 36.6 Å². The van der Waals surface area contributed by atoms with Crippen LogP contribution in [0.4, 0.5) is 15.9 Å². The Kier molecular flexibility index (Phi) is 4.29. The molecule has 0 spiro atoms. The minimum atomic E-state index is -0.371. The van der Waals surface area contributed by atoms with Crippen molar-refractivity contribution in [3.8, 4) is 11.3 Å². The van der Waals surface area contributed by atoms with E-state index in [0.29, 0.717) is 28.9 Å². The predicted molar refractivity (Wildman–Crippen MR) is 121 cm³/mol. The summed E-state index contributed by atoms with van der Waals surface area (Å²) in [6.07, 6.45) is 5.91. The second-order valence-electron chi connectivity index (χ2n) is 7.88. The maximum atomic E-state index is 15.0. The maximum Gasteiger partial charge on any atom is 0.258 e. The highest BCUT2D eigenvalue weighted by atomic mass is 35.5. The lowest BCUT2D eigenvalue weighted by molar-refractivity contribution is 0.627. The Morgan fingerprint density at radius 3 is 2.69 bits per heavy atom. The summed E-state index contributed by atoms with van der Waals surface area (Å²) in [5.41, 5.74) is 3.64. The van der Waals surface area contributed by atoms with E-state index < -0.39 is 0 Å². The van der Waals surface area contributed by atoms with Crippen molar-refractivity contribution in [3.63, 3.8) is 0 Å². The third-order valence-corrected chi connectivity index (χ3v) is 6.03. The van der Waals surface area contributed by atoms with Crippen molar-refractivity contribution < 1.29 is 4.39 Å². The van der Waals surface area contributed by atoms with Crippen LogP contribution in [0.15, 0.2) is 54.9 Å². The zero-order valence-corrected chi connectivity index (χ0v) is 17.8. The standard InChI is InChI=1S/C23H17ClFN7/c1-31(21-15-4-2-3-5-19(15)32-22(24)29-30-23(32)28-21)20-10-14(8-9-16(20)25)18-12-26-17(11-27-18)13-6-7-13/h2-5,8-13H,6-7H2,1H3. The third-order valence-electron chi connectivity index (χ3n) is 5.79. The summed E-state index contributed by atoms with van der Waals surface area (Å²) in [5.74, 6) is 1.05. The van der Waals surface area contributed by atoms with Gasteiger partial charge < -0.3 is 4.90 Å². The summed E-state index contributed by atoms with van der Waals surface area (Å²) >= 11 is 6.21. The maximum absolute atomic E-state index is 15.0. The molecule has 2 aromatic carbocycles. The van der Waals surface area contributed by atoms with Crippen molar-refractivity contribution in [3.05, 3.63) is 71.7 Å². The molecule has 1 aliphatic carbocycles. The number of hydrogen-bond donors (Lipinski definition) is 0. The fraction of sp³-hybridized carbons (Fsp3) is 0.174. The van der Waals surface area contributed by atoms with Gasteiger partial charge in [-0.3, -0.25) is 9.97 Å². The van der Waals surface area contributed by atoms with Crippen LogP contribution < -0.4 is 4.90 Å². The monoisotopic (exact) mass is 445 g/mol. The molecule has 0 unspecified atom stereocenters. The van der Waals surface area contributed by atoms with E-state index in [2.05, 4.69) is 25.1 Å². The van der Waals surface area contributed by atoms with E-state index in [-0.39, 0.29) is 11.1 Å². The number of benzene rings is 2. The summed E-state index contributed by atoms with van der Waals surface area (Å²) in [5, 5.41) is 8.99. The molecule has 5 aromatic rings. The van der Waals surface area contributed by atoms with Crippen LogP contribution in [0, 0.1) is 5.82 Å². The molecule has 0 bridgehead atoms. The second-order valence-corrected chi connectivity index (χ2v) is 8.22. The van der Waals surface area contributed by atoms with Gasteiger partial charge >= 0.3 is 0 Å². The SMILES string of the molecule is CN(c1cc(-c2cnc(C3CC3)cn2)ccc1F)c1nc2nnc(Cl)n2c2ccccc12. The fourth-order valence-electron chi connectivity index (χ4n) is 3.93. The molecule has 1 saturated carbocycles. The minimum Gasteiger partial charge on any atom is -0.326 e. The largest absolute Gasteiger partial charge is 0.326 e. The summed E-state index contributed by atoms with van der Waals surface area (Å²) in [6.45, 7) is 0. The molecule has 0 atom stereocenters. The Hall–Kier alpha value is -3.65. The molecule has 3 heterocycles. The van der Waals surface area contributed by atoms with E-state index in [1.165, 1.54) is 18.9 Å². The Balaban J connectivity index is 1.46. The highest BCUT2D eigenvalue weighted by Gasteiger charge is 2.25. The molecule has 0 saturated heterocycles. The summed E-state index contributed by atoms with van der Waals surface area (Å²) in [7, 11) is 1.77.